The van der Waals surface area contributed by atoms with E-state index in [1.54, 1.807) is 0 Å². The van der Waals surface area contributed by atoms with Crippen molar-refractivity contribution in [2.24, 2.45) is 7.05 Å². The molecule has 0 atom stereocenters. The molecule has 1 amide bonds. The second-order valence-electron chi connectivity index (χ2n) is 7.53. The summed E-state index contributed by atoms with van der Waals surface area (Å²) >= 11 is 1.86. The SMILES string of the molecule is Cn1ccnc1SC1CCC(NC(=O)c2ccc(N3CCOCC3)cc2)CC1. The first-order valence-electron chi connectivity index (χ1n) is 10.1. The van der Waals surface area contributed by atoms with Crippen molar-refractivity contribution >= 4 is 23.4 Å². The minimum absolute atomic E-state index is 0.0359. The van der Waals surface area contributed by atoms with Crippen LogP contribution in [0.15, 0.2) is 41.8 Å². The number of anilines is 1. The van der Waals surface area contributed by atoms with Crippen LogP contribution in [0.2, 0.25) is 0 Å². The highest BCUT2D eigenvalue weighted by molar-refractivity contribution is 7.99. The van der Waals surface area contributed by atoms with Crippen LogP contribution in [0.3, 0.4) is 0 Å². The Labute approximate surface area is 170 Å². The van der Waals surface area contributed by atoms with Gasteiger partial charge in [0.05, 0.1) is 13.2 Å². The number of nitrogens with one attached hydrogen (secondary N) is 1. The molecule has 28 heavy (non-hydrogen) atoms. The van der Waals surface area contributed by atoms with Gasteiger partial charge in [-0.1, -0.05) is 11.8 Å². The maximum Gasteiger partial charge on any atom is 0.251 e. The van der Waals surface area contributed by atoms with Crippen LogP contribution < -0.4 is 10.2 Å². The zero-order chi connectivity index (χ0) is 19.3. The second kappa shape index (κ2) is 9.01. The molecule has 1 saturated carbocycles. The molecule has 6 nitrogen and oxygen atoms in total. The molecule has 1 aliphatic carbocycles. The molecule has 7 heteroatoms. The number of carbonyl (C=O) groups excluding carboxylic acids is 1. The van der Waals surface area contributed by atoms with E-state index < -0.39 is 0 Å². The first-order chi connectivity index (χ1) is 13.7. The van der Waals surface area contributed by atoms with Gasteiger partial charge in [0.25, 0.3) is 5.91 Å². The van der Waals surface area contributed by atoms with Gasteiger partial charge in [0.2, 0.25) is 0 Å². The van der Waals surface area contributed by atoms with Crippen molar-refractivity contribution in [1.29, 1.82) is 0 Å². The average Bonchev–Trinajstić information content (AvgIpc) is 3.14. The molecule has 1 aromatic carbocycles. The van der Waals surface area contributed by atoms with Gasteiger partial charge >= 0.3 is 0 Å². The summed E-state index contributed by atoms with van der Waals surface area (Å²) in [5, 5.41) is 4.88. The largest absolute Gasteiger partial charge is 0.378 e. The van der Waals surface area contributed by atoms with Gasteiger partial charge in [-0.15, -0.1) is 0 Å². The highest BCUT2D eigenvalue weighted by Crippen LogP contribution is 2.32. The smallest absolute Gasteiger partial charge is 0.251 e. The quantitative estimate of drug-likeness (QED) is 0.836. The molecular formula is C21H28N4O2S. The minimum atomic E-state index is 0.0359. The first-order valence-corrected chi connectivity index (χ1v) is 10.9. The van der Waals surface area contributed by atoms with Crippen molar-refractivity contribution in [2.75, 3.05) is 31.2 Å². The highest BCUT2D eigenvalue weighted by atomic mass is 32.2. The van der Waals surface area contributed by atoms with Crippen LogP contribution >= 0.6 is 11.8 Å². The van der Waals surface area contributed by atoms with Crippen LogP contribution in [-0.2, 0) is 11.8 Å². The molecule has 0 radical (unpaired) electrons. The summed E-state index contributed by atoms with van der Waals surface area (Å²) in [5.41, 5.74) is 1.90. The second-order valence-corrected chi connectivity index (χ2v) is 8.80. The van der Waals surface area contributed by atoms with Crippen molar-refractivity contribution < 1.29 is 9.53 Å². The lowest BCUT2D eigenvalue weighted by atomic mass is 9.94. The fourth-order valence-corrected chi connectivity index (χ4v) is 5.01. The molecule has 2 heterocycles. The standard InChI is InChI=1S/C21H28N4O2S/c1-24-11-10-22-21(24)28-19-8-4-17(5-9-19)23-20(26)16-2-6-18(7-3-16)25-12-14-27-15-13-25/h2-3,6-7,10-11,17,19H,4-5,8-9,12-15H2,1H3,(H,23,26). The molecule has 0 bridgehead atoms. The van der Waals surface area contributed by atoms with E-state index in [0.717, 1.165) is 68.4 Å². The molecule has 1 N–H and O–H groups in total. The van der Waals surface area contributed by atoms with Crippen LogP contribution in [0.25, 0.3) is 0 Å². The number of aryl methyl sites for hydroxylation is 1. The summed E-state index contributed by atoms with van der Waals surface area (Å²) in [4.78, 5) is 19.3. The maximum absolute atomic E-state index is 12.6. The van der Waals surface area contributed by atoms with Gasteiger partial charge in [-0.05, 0) is 49.9 Å². The van der Waals surface area contributed by atoms with E-state index in [4.69, 9.17) is 4.74 Å². The molecule has 0 unspecified atom stereocenters. The Morgan fingerprint density at radius 3 is 2.50 bits per heavy atom. The Morgan fingerprint density at radius 2 is 1.86 bits per heavy atom. The van der Waals surface area contributed by atoms with Crippen molar-refractivity contribution in [3.63, 3.8) is 0 Å². The number of rotatable bonds is 5. The zero-order valence-corrected chi connectivity index (χ0v) is 17.2. The number of amides is 1. The Bertz CT molecular complexity index is 778. The lowest BCUT2D eigenvalue weighted by molar-refractivity contribution is 0.0928. The molecule has 0 spiro atoms. The van der Waals surface area contributed by atoms with E-state index in [9.17, 15) is 4.79 Å². The summed E-state index contributed by atoms with van der Waals surface area (Å²) < 4.78 is 7.47. The molecule has 150 valence electrons. The Kier molecular flexibility index (Phi) is 6.22. The van der Waals surface area contributed by atoms with Gasteiger partial charge < -0.3 is 19.5 Å². The monoisotopic (exact) mass is 400 g/mol. The molecule has 4 rings (SSSR count). The van der Waals surface area contributed by atoms with Crippen molar-refractivity contribution in [2.45, 2.75) is 42.1 Å². The van der Waals surface area contributed by atoms with Gasteiger partial charge in [-0.2, -0.15) is 0 Å². The number of nitrogens with zero attached hydrogens (tertiary/aromatic N) is 3. The molecular weight excluding hydrogens is 372 g/mol. The lowest BCUT2D eigenvalue weighted by Gasteiger charge is -2.29. The first kappa shape index (κ1) is 19.3. The zero-order valence-electron chi connectivity index (χ0n) is 16.3. The molecule has 1 saturated heterocycles. The van der Waals surface area contributed by atoms with Gasteiger partial charge in [-0.25, -0.2) is 4.98 Å². The number of thioether (sulfide) groups is 1. The number of imidazole rings is 1. The normalized spacial score (nSPS) is 22.8. The molecule has 2 aliphatic rings. The van der Waals surface area contributed by atoms with Gasteiger partial charge in [-0.3, -0.25) is 4.79 Å². The van der Waals surface area contributed by atoms with E-state index in [-0.39, 0.29) is 11.9 Å². The minimum Gasteiger partial charge on any atom is -0.378 e. The summed E-state index contributed by atoms with van der Waals surface area (Å²) in [5.74, 6) is 0.0359. The molecule has 2 fully saturated rings. The average molecular weight is 401 g/mol. The predicted molar refractivity (Wildman–Crippen MR) is 112 cm³/mol. The third-order valence-electron chi connectivity index (χ3n) is 5.56. The topological polar surface area (TPSA) is 59.4 Å². The fourth-order valence-electron chi connectivity index (χ4n) is 3.85. The van der Waals surface area contributed by atoms with Gasteiger partial charge in [0.15, 0.2) is 5.16 Å². The molecule has 1 aromatic heterocycles. The number of ether oxygens (including phenoxy) is 1. The number of carbonyl (C=O) groups is 1. The van der Waals surface area contributed by atoms with Crippen molar-refractivity contribution in [3.8, 4) is 0 Å². The van der Waals surface area contributed by atoms with E-state index in [2.05, 4.69) is 19.8 Å². The van der Waals surface area contributed by atoms with Crippen LogP contribution in [0.4, 0.5) is 5.69 Å². The summed E-state index contributed by atoms with van der Waals surface area (Å²) in [6.07, 6.45) is 8.10. The van der Waals surface area contributed by atoms with E-state index in [0.29, 0.717) is 5.25 Å². The third kappa shape index (κ3) is 4.70. The van der Waals surface area contributed by atoms with Crippen LogP contribution in [-0.4, -0.2) is 53.1 Å². The number of hydrogen-bond acceptors (Lipinski definition) is 5. The highest BCUT2D eigenvalue weighted by Gasteiger charge is 2.24. The number of hydrogen-bond donors (Lipinski definition) is 1. The molecule has 2 aromatic rings. The number of morpholine rings is 1. The van der Waals surface area contributed by atoms with E-state index in [1.165, 1.54) is 0 Å². The van der Waals surface area contributed by atoms with E-state index >= 15 is 0 Å². The molecule has 1 aliphatic heterocycles. The number of aromatic nitrogens is 2. The Morgan fingerprint density at radius 1 is 1.14 bits per heavy atom. The summed E-state index contributed by atoms with van der Waals surface area (Å²) in [6.45, 7) is 3.35. The summed E-state index contributed by atoms with van der Waals surface area (Å²) in [7, 11) is 2.03. The van der Waals surface area contributed by atoms with Crippen LogP contribution in [0, 0.1) is 0 Å². The summed E-state index contributed by atoms with van der Waals surface area (Å²) in [6, 6.07) is 8.22. The van der Waals surface area contributed by atoms with E-state index in [1.807, 2.05) is 55.5 Å². The maximum atomic E-state index is 12.6. The fraction of sp³-hybridized carbons (Fsp3) is 0.524. The van der Waals surface area contributed by atoms with Gasteiger partial charge in [0, 0.05) is 55.1 Å². The number of benzene rings is 1. The Balaban J connectivity index is 1.25. The van der Waals surface area contributed by atoms with Crippen molar-refractivity contribution in [3.05, 3.63) is 42.2 Å². The third-order valence-corrected chi connectivity index (χ3v) is 6.97. The van der Waals surface area contributed by atoms with Crippen LogP contribution in [0.1, 0.15) is 36.0 Å². The lowest BCUT2D eigenvalue weighted by Crippen LogP contribution is -2.38. The van der Waals surface area contributed by atoms with Gasteiger partial charge in [0.1, 0.15) is 0 Å². The predicted octanol–water partition coefficient (Wildman–Crippen LogP) is 3.09. The van der Waals surface area contributed by atoms with Crippen LogP contribution in [0.5, 0.6) is 0 Å². The van der Waals surface area contributed by atoms with Crippen molar-refractivity contribution in [1.82, 2.24) is 14.9 Å². The Hall–Kier alpha value is -1.99.